The Bertz CT molecular complexity index is 1780. The zero-order chi connectivity index (χ0) is 30.1. The van der Waals surface area contributed by atoms with Crippen LogP contribution in [0, 0.1) is 17.2 Å². The molecule has 2 aromatic heterocycles. The number of aromatic nitrogens is 4. The fourth-order valence-electron chi connectivity index (χ4n) is 5.46. The fourth-order valence-corrected chi connectivity index (χ4v) is 5.46. The molecule has 0 aliphatic carbocycles. The van der Waals surface area contributed by atoms with Crippen LogP contribution in [0.4, 0.5) is 5.82 Å². The molecular weight excluding hydrogens is 548 g/mol. The third-order valence-electron chi connectivity index (χ3n) is 7.56. The summed E-state index contributed by atoms with van der Waals surface area (Å²) in [6.45, 7) is 6.23. The average molecular weight is 581 g/mol. The van der Waals surface area contributed by atoms with Crippen molar-refractivity contribution < 1.29 is 14.3 Å². The first-order valence-electron chi connectivity index (χ1n) is 14.0. The number of carbonyl (C=O) groups is 1. The lowest BCUT2D eigenvalue weighted by atomic mass is 9.96. The smallest absolute Gasteiger partial charge is 0.335 e. The van der Waals surface area contributed by atoms with Gasteiger partial charge < -0.3 is 25.4 Å². The number of anilines is 1. The molecule has 2 fully saturated rings. The predicted octanol–water partition coefficient (Wildman–Crippen LogP) is 2.63. The number of hydrogen-bond donors (Lipinski definition) is 2. The van der Waals surface area contributed by atoms with Crippen molar-refractivity contribution in [1.29, 1.82) is 5.26 Å². The van der Waals surface area contributed by atoms with E-state index in [1.807, 2.05) is 44.2 Å². The Morgan fingerprint density at radius 1 is 1.14 bits per heavy atom. The highest BCUT2D eigenvalue weighted by Crippen LogP contribution is 2.27. The first-order chi connectivity index (χ1) is 20.7. The number of hydrogen-bond acceptors (Lipinski definition) is 9. The number of imidazole rings is 1. The van der Waals surface area contributed by atoms with Gasteiger partial charge in [0.25, 0.3) is 5.91 Å². The normalized spacial score (nSPS) is 16.0. The Morgan fingerprint density at radius 2 is 1.84 bits per heavy atom. The van der Waals surface area contributed by atoms with Crippen LogP contribution in [0.2, 0.25) is 0 Å². The summed E-state index contributed by atoms with van der Waals surface area (Å²) in [6.07, 6.45) is 3.01. The largest absolute Gasteiger partial charge is 0.457 e. The van der Waals surface area contributed by atoms with E-state index in [2.05, 4.69) is 21.4 Å². The average Bonchev–Trinajstić information content (AvgIpc) is 3.24. The third kappa shape index (κ3) is 5.73. The number of benzene rings is 2. The molecule has 2 aliphatic heterocycles. The van der Waals surface area contributed by atoms with Gasteiger partial charge in [-0.05, 0) is 56.3 Å². The zero-order valence-electron chi connectivity index (χ0n) is 23.9. The van der Waals surface area contributed by atoms with Gasteiger partial charge in [0.05, 0.1) is 24.9 Å². The highest BCUT2D eigenvalue weighted by molar-refractivity contribution is 5.98. The van der Waals surface area contributed by atoms with Gasteiger partial charge in [-0.3, -0.25) is 13.9 Å². The molecule has 4 heterocycles. The number of nitriles is 1. The summed E-state index contributed by atoms with van der Waals surface area (Å²) in [5.41, 5.74) is 6.90. The quantitative estimate of drug-likeness (QED) is 0.225. The number of nitrogen functional groups attached to an aromatic ring is 1. The molecule has 2 aliphatic rings. The summed E-state index contributed by atoms with van der Waals surface area (Å²) >= 11 is 0. The fraction of sp³-hybridized carbons (Fsp3) is 0.323. The Morgan fingerprint density at radius 3 is 2.49 bits per heavy atom. The monoisotopic (exact) mass is 580 g/mol. The molecule has 0 bridgehead atoms. The summed E-state index contributed by atoms with van der Waals surface area (Å²) in [6, 6.07) is 18.8. The van der Waals surface area contributed by atoms with E-state index < -0.39 is 5.54 Å². The molecule has 6 rings (SSSR count). The van der Waals surface area contributed by atoms with Gasteiger partial charge in [-0.1, -0.05) is 18.2 Å². The first-order valence-corrected chi connectivity index (χ1v) is 14.0. The van der Waals surface area contributed by atoms with Crippen molar-refractivity contribution >= 4 is 22.9 Å². The molecule has 0 unspecified atom stereocenters. The van der Waals surface area contributed by atoms with Gasteiger partial charge in [0.1, 0.15) is 35.0 Å². The summed E-state index contributed by atoms with van der Waals surface area (Å²) in [5, 5.41) is 13.1. The Balaban J connectivity index is 1.19. The number of nitrogens with one attached hydrogen (secondary N) is 1. The van der Waals surface area contributed by atoms with Gasteiger partial charge in [0.2, 0.25) is 0 Å². The molecule has 3 N–H and O–H groups in total. The number of ether oxygens (including phenoxy) is 2. The van der Waals surface area contributed by atoms with Crippen molar-refractivity contribution in [1.82, 2.24) is 29.3 Å². The van der Waals surface area contributed by atoms with Crippen LogP contribution < -0.4 is 21.5 Å². The maximum Gasteiger partial charge on any atom is 0.335 e. The van der Waals surface area contributed by atoms with Crippen molar-refractivity contribution in [2.45, 2.75) is 32.0 Å². The molecule has 2 saturated heterocycles. The number of para-hydroxylation sites is 1. The number of fused-ring (bicyclic) bond motifs is 1. The molecule has 12 nitrogen and oxygen atoms in total. The second-order valence-electron chi connectivity index (χ2n) is 11.4. The summed E-state index contributed by atoms with van der Waals surface area (Å²) in [5.74, 6) is 1.19. The number of nitrogens with zero attached hydrogens (tertiary/aromatic N) is 6. The number of carbonyl (C=O) groups excluding carboxylic acids is 1. The minimum Gasteiger partial charge on any atom is -0.457 e. The van der Waals surface area contributed by atoms with E-state index in [1.54, 1.807) is 39.8 Å². The van der Waals surface area contributed by atoms with Gasteiger partial charge in [0, 0.05) is 31.1 Å². The second kappa shape index (κ2) is 11.4. The molecular formula is C31H32N8O4. The number of amides is 1. The van der Waals surface area contributed by atoms with E-state index >= 15 is 0 Å². The third-order valence-corrected chi connectivity index (χ3v) is 7.56. The summed E-state index contributed by atoms with van der Waals surface area (Å²) in [4.78, 5) is 37.0. The predicted molar refractivity (Wildman–Crippen MR) is 160 cm³/mol. The van der Waals surface area contributed by atoms with Crippen LogP contribution in [0.3, 0.4) is 0 Å². The Labute approximate surface area is 248 Å². The highest BCUT2D eigenvalue weighted by atomic mass is 16.5. The maximum absolute atomic E-state index is 13.8. The zero-order valence-corrected chi connectivity index (χ0v) is 23.9. The van der Waals surface area contributed by atoms with Gasteiger partial charge in [-0.2, -0.15) is 5.26 Å². The number of nitrogens with two attached hydrogens (primary N) is 1. The van der Waals surface area contributed by atoms with Crippen molar-refractivity contribution in [3.63, 3.8) is 0 Å². The van der Waals surface area contributed by atoms with Gasteiger partial charge >= 0.3 is 5.69 Å². The van der Waals surface area contributed by atoms with E-state index in [1.165, 1.54) is 10.9 Å². The molecule has 220 valence electrons. The van der Waals surface area contributed by atoms with Crippen LogP contribution in [-0.4, -0.2) is 67.8 Å². The number of rotatable bonds is 9. The van der Waals surface area contributed by atoms with Gasteiger partial charge in [0.15, 0.2) is 11.5 Å². The number of likely N-dealkylation sites (tertiary alicyclic amines) is 1. The Kier molecular flexibility index (Phi) is 7.43. The van der Waals surface area contributed by atoms with Crippen molar-refractivity contribution in [2.24, 2.45) is 5.92 Å². The molecule has 12 heteroatoms. The van der Waals surface area contributed by atoms with E-state index in [-0.39, 0.29) is 34.9 Å². The lowest BCUT2D eigenvalue weighted by Crippen LogP contribution is -2.55. The summed E-state index contributed by atoms with van der Waals surface area (Å²) in [7, 11) is 0. The Hall–Kier alpha value is -4.99. The van der Waals surface area contributed by atoms with E-state index in [4.69, 9.17) is 15.2 Å². The van der Waals surface area contributed by atoms with Gasteiger partial charge in [-0.15, -0.1) is 0 Å². The van der Waals surface area contributed by atoms with Crippen LogP contribution >= 0.6 is 0 Å². The van der Waals surface area contributed by atoms with Crippen LogP contribution in [-0.2, 0) is 16.1 Å². The van der Waals surface area contributed by atoms with E-state index in [0.717, 1.165) is 0 Å². The minimum atomic E-state index is -0.542. The van der Waals surface area contributed by atoms with Crippen molar-refractivity contribution in [3.8, 4) is 23.3 Å². The molecule has 43 heavy (non-hydrogen) atoms. The van der Waals surface area contributed by atoms with Crippen molar-refractivity contribution in [3.05, 3.63) is 83.1 Å². The molecule has 1 amide bonds. The molecule has 4 aromatic rings. The molecule has 0 radical (unpaired) electrons. The van der Waals surface area contributed by atoms with Gasteiger partial charge in [-0.25, -0.2) is 14.8 Å². The second-order valence-corrected chi connectivity index (χ2v) is 11.4. The highest BCUT2D eigenvalue weighted by Gasteiger charge is 2.35. The lowest BCUT2D eigenvalue weighted by Gasteiger charge is -2.39. The summed E-state index contributed by atoms with van der Waals surface area (Å²) < 4.78 is 14.2. The van der Waals surface area contributed by atoms with E-state index in [9.17, 15) is 14.9 Å². The topological polar surface area (TPSA) is 153 Å². The van der Waals surface area contributed by atoms with Crippen LogP contribution in [0.15, 0.2) is 77.4 Å². The SMILES string of the molecule is CC(C)(C=C(C#N)C(=O)N1CC(Cn2c(=O)n(-c3ccc(Oc4ccccc4)cc3)c3c(N)ncnc32)C1)NC1COC1. The van der Waals surface area contributed by atoms with Crippen molar-refractivity contribution in [2.75, 3.05) is 32.0 Å². The molecule has 0 atom stereocenters. The minimum absolute atomic E-state index is 0.00302. The van der Waals surface area contributed by atoms with Crippen LogP contribution in [0.5, 0.6) is 11.5 Å². The molecule has 0 spiro atoms. The van der Waals surface area contributed by atoms with Crippen LogP contribution in [0.1, 0.15) is 13.8 Å². The molecule has 0 saturated carbocycles. The standard InChI is InChI=1S/C31H32N8O4/c1-31(2,36-22-17-42-18-22)12-21(13-32)29(40)37-14-20(15-37)16-38-28-26(27(33)34-19-35-28)39(30(38)41)23-8-10-25(11-9-23)43-24-6-4-3-5-7-24/h3-12,19-20,22,36H,14-18H2,1-2H3,(H2,33,34,35). The first kappa shape index (κ1) is 28.1. The van der Waals surface area contributed by atoms with Crippen LogP contribution in [0.25, 0.3) is 16.9 Å². The maximum atomic E-state index is 13.8. The van der Waals surface area contributed by atoms with E-state index in [0.29, 0.717) is 61.2 Å². The molecule has 2 aromatic carbocycles. The lowest BCUT2D eigenvalue weighted by molar-refractivity contribution is -0.133.